The second-order valence-corrected chi connectivity index (χ2v) is 7.98. The van der Waals surface area contributed by atoms with E-state index in [9.17, 15) is 14.4 Å². The predicted molar refractivity (Wildman–Crippen MR) is 126 cm³/mol. The Balaban J connectivity index is 1.50. The number of amides is 2. The fraction of sp³-hybridized carbons (Fsp3) is 0.346. The normalized spacial score (nSPS) is 12.6. The molecule has 174 valence electrons. The lowest BCUT2D eigenvalue weighted by Gasteiger charge is -2.21. The van der Waals surface area contributed by atoms with Crippen LogP contribution in [0.4, 0.5) is 4.79 Å². The summed E-state index contributed by atoms with van der Waals surface area (Å²) >= 11 is 0. The quantitative estimate of drug-likeness (QED) is 0.529. The predicted octanol–water partition coefficient (Wildman–Crippen LogP) is 4.18. The number of ether oxygens (including phenoxy) is 1. The molecule has 0 aliphatic heterocycles. The lowest BCUT2D eigenvalue weighted by Crippen LogP contribution is -2.33. The largest absolute Gasteiger partial charge is 0.481 e. The highest BCUT2D eigenvalue weighted by Gasteiger charge is 2.28. The Hall–Kier alpha value is -3.61. The Morgan fingerprint density at radius 3 is 2.24 bits per heavy atom. The van der Waals surface area contributed by atoms with E-state index in [1.807, 2.05) is 31.2 Å². The van der Waals surface area contributed by atoms with Crippen LogP contribution < -0.4 is 5.32 Å². The van der Waals surface area contributed by atoms with Crippen molar-refractivity contribution in [2.45, 2.75) is 32.6 Å². The van der Waals surface area contributed by atoms with Gasteiger partial charge in [-0.2, -0.15) is 0 Å². The van der Waals surface area contributed by atoms with Crippen molar-refractivity contribution >= 4 is 18.0 Å². The van der Waals surface area contributed by atoms with E-state index in [1.54, 1.807) is 17.9 Å². The molecule has 0 saturated heterocycles. The van der Waals surface area contributed by atoms with Gasteiger partial charge in [-0.25, -0.2) is 4.79 Å². The number of carbonyl (C=O) groups excluding carboxylic acids is 2. The number of carbonyl (C=O) groups is 3. The van der Waals surface area contributed by atoms with Crippen LogP contribution in [0, 0.1) is 0 Å². The number of nitrogens with zero attached hydrogens (tertiary/aromatic N) is 1. The highest BCUT2D eigenvalue weighted by Crippen LogP contribution is 2.44. The molecule has 0 fully saturated rings. The van der Waals surface area contributed by atoms with Crippen LogP contribution in [0.3, 0.4) is 0 Å². The summed E-state index contributed by atoms with van der Waals surface area (Å²) in [6.45, 7) is 4.80. The molecule has 0 aromatic heterocycles. The molecule has 0 saturated carbocycles. The number of rotatable bonds is 10. The summed E-state index contributed by atoms with van der Waals surface area (Å²) in [5.41, 5.74) is 5.13. The lowest BCUT2D eigenvalue weighted by atomic mass is 9.98. The maximum absolute atomic E-state index is 12.5. The highest BCUT2D eigenvalue weighted by molar-refractivity contribution is 5.93. The molecule has 3 rings (SSSR count). The monoisotopic (exact) mass is 450 g/mol. The smallest absolute Gasteiger partial charge is 0.407 e. The summed E-state index contributed by atoms with van der Waals surface area (Å²) in [5.74, 6) is -1.05. The van der Waals surface area contributed by atoms with Gasteiger partial charge in [-0.15, -0.1) is 0 Å². The zero-order valence-corrected chi connectivity index (χ0v) is 19.0. The summed E-state index contributed by atoms with van der Waals surface area (Å²) in [6, 6.07) is 16.3. The van der Waals surface area contributed by atoms with E-state index in [1.165, 1.54) is 11.1 Å². The van der Waals surface area contributed by atoms with Gasteiger partial charge in [-0.05, 0) is 42.5 Å². The first-order valence-corrected chi connectivity index (χ1v) is 11.2. The van der Waals surface area contributed by atoms with Crippen molar-refractivity contribution in [3.05, 3.63) is 71.3 Å². The summed E-state index contributed by atoms with van der Waals surface area (Å²) in [4.78, 5) is 37.1. The maximum atomic E-state index is 12.5. The molecule has 7 nitrogen and oxygen atoms in total. The summed E-state index contributed by atoms with van der Waals surface area (Å²) in [5, 5.41) is 11.4. The van der Waals surface area contributed by atoms with Gasteiger partial charge >= 0.3 is 12.1 Å². The van der Waals surface area contributed by atoms with Crippen LogP contribution in [0.5, 0.6) is 0 Å². The van der Waals surface area contributed by atoms with E-state index in [4.69, 9.17) is 9.84 Å². The highest BCUT2D eigenvalue weighted by atomic mass is 16.5. The van der Waals surface area contributed by atoms with Gasteiger partial charge in [-0.1, -0.05) is 54.6 Å². The van der Waals surface area contributed by atoms with Gasteiger partial charge in [0.25, 0.3) is 0 Å². The van der Waals surface area contributed by atoms with Crippen molar-refractivity contribution in [3.8, 4) is 11.1 Å². The Morgan fingerprint density at radius 2 is 1.67 bits per heavy atom. The van der Waals surface area contributed by atoms with Crippen LogP contribution in [-0.2, 0) is 14.3 Å². The second-order valence-electron chi connectivity index (χ2n) is 7.98. The molecule has 0 bridgehead atoms. The molecular weight excluding hydrogens is 420 g/mol. The molecule has 0 atom stereocenters. The Morgan fingerprint density at radius 1 is 1.06 bits per heavy atom. The first kappa shape index (κ1) is 24.0. The number of hydrogen-bond donors (Lipinski definition) is 2. The van der Waals surface area contributed by atoms with Crippen LogP contribution in [-0.4, -0.2) is 54.2 Å². The van der Waals surface area contributed by atoms with E-state index < -0.39 is 12.1 Å². The van der Waals surface area contributed by atoms with Crippen LogP contribution in [0.25, 0.3) is 11.1 Å². The summed E-state index contributed by atoms with van der Waals surface area (Å²) < 4.78 is 5.50. The number of hydrogen-bond acceptors (Lipinski definition) is 4. The van der Waals surface area contributed by atoms with Gasteiger partial charge in [0, 0.05) is 37.5 Å². The van der Waals surface area contributed by atoms with Gasteiger partial charge in [-0.3, -0.25) is 9.59 Å². The molecule has 2 aromatic carbocycles. The molecule has 2 N–H and O–H groups in total. The van der Waals surface area contributed by atoms with E-state index in [0.29, 0.717) is 25.1 Å². The summed E-state index contributed by atoms with van der Waals surface area (Å²) in [6.07, 6.45) is 1.53. The molecule has 2 amide bonds. The molecular formula is C26H30N2O5. The lowest BCUT2D eigenvalue weighted by molar-refractivity contribution is -0.137. The number of nitrogens with one attached hydrogen (secondary N) is 1. The number of aliphatic carboxylic acids is 1. The SMILES string of the molecule is CCN(CCCC(=O)O)C(=O)/C(C)=C/CNC(=O)OCC1c2ccccc2-c2ccccc21. The van der Waals surface area contributed by atoms with E-state index in [2.05, 4.69) is 29.6 Å². The fourth-order valence-electron chi connectivity index (χ4n) is 4.10. The Bertz CT molecular complexity index is 1000. The van der Waals surface area contributed by atoms with Gasteiger partial charge < -0.3 is 20.1 Å². The zero-order chi connectivity index (χ0) is 23.8. The number of benzene rings is 2. The third kappa shape index (κ3) is 6.00. The van der Waals surface area contributed by atoms with E-state index in [-0.39, 0.29) is 31.4 Å². The van der Waals surface area contributed by atoms with Gasteiger partial charge in [0.05, 0.1) is 0 Å². The molecule has 0 radical (unpaired) electrons. The molecule has 7 heteroatoms. The molecule has 0 heterocycles. The first-order valence-electron chi connectivity index (χ1n) is 11.2. The minimum atomic E-state index is -0.877. The van der Waals surface area contributed by atoms with E-state index in [0.717, 1.165) is 11.1 Å². The maximum Gasteiger partial charge on any atom is 0.407 e. The number of carboxylic acid groups (broad SMARTS) is 1. The average molecular weight is 451 g/mol. The minimum Gasteiger partial charge on any atom is -0.481 e. The molecule has 2 aromatic rings. The van der Waals surface area contributed by atoms with Crippen molar-refractivity contribution in [2.75, 3.05) is 26.2 Å². The standard InChI is InChI=1S/C26H30N2O5/c1-3-28(16-8-13-24(29)30)25(31)18(2)14-15-27-26(32)33-17-23-21-11-6-4-9-19(21)20-10-5-7-12-22(20)23/h4-7,9-12,14,23H,3,8,13,15-17H2,1-2H3,(H,27,32)(H,29,30)/b18-14+. The van der Waals surface area contributed by atoms with Crippen LogP contribution in [0.2, 0.25) is 0 Å². The summed E-state index contributed by atoms with van der Waals surface area (Å²) in [7, 11) is 0. The van der Waals surface area contributed by atoms with Crippen LogP contribution in [0.1, 0.15) is 43.7 Å². The Labute approximate surface area is 194 Å². The Kier molecular flexibility index (Phi) is 8.24. The zero-order valence-electron chi connectivity index (χ0n) is 19.0. The fourth-order valence-corrected chi connectivity index (χ4v) is 4.10. The number of likely N-dealkylation sites (N-methyl/N-ethyl adjacent to an activating group) is 1. The van der Waals surface area contributed by atoms with Gasteiger partial charge in [0.2, 0.25) is 5.91 Å². The number of fused-ring (bicyclic) bond motifs is 3. The van der Waals surface area contributed by atoms with Crippen molar-refractivity contribution in [3.63, 3.8) is 0 Å². The number of alkyl carbamates (subject to hydrolysis) is 1. The van der Waals surface area contributed by atoms with E-state index >= 15 is 0 Å². The minimum absolute atomic E-state index is 0.00841. The third-order valence-corrected chi connectivity index (χ3v) is 5.82. The van der Waals surface area contributed by atoms with Gasteiger partial charge in [0.1, 0.15) is 6.61 Å². The van der Waals surface area contributed by atoms with Crippen LogP contribution >= 0.6 is 0 Å². The molecule has 1 aliphatic carbocycles. The van der Waals surface area contributed by atoms with Crippen LogP contribution in [0.15, 0.2) is 60.2 Å². The number of carboxylic acids is 1. The first-order chi connectivity index (χ1) is 15.9. The molecule has 0 spiro atoms. The van der Waals surface area contributed by atoms with Crippen molar-refractivity contribution in [1.29, 1.82) is 0 Å². The van der Waals surface area contributed by atoms with Crippen molar-refractivity contribution in [1.82, 2.24) is 10.2 Å². The van der Waals surface area contributed by atoms with Crippen molar-refractivity contribution < 1.29 is 24.2 Å². The third-order valence-electron chi connectivity index (χ3n) is 5.82. The topological polar surface area (TPSA) is 95.9 Å². The molecule has 33 heavy (non-hydrogen) atoms. The van der Waals surface area contributed by atoms with Crippen molar-refractivity contribution in [2.24, 2.45) is 0 Å². The second kappa shape index (κ2) is 11.3. The molecule has 1 aliphatic rings. The average Bonchev–Trinajstić information content (AvgIpc) is 3.13. The molecule has 0 unspecified atom stereocenters. The van der Waals surface area contributed by atoms with Gasteiger partial charge in [0.15, 0.2) is 0 Å².